The third-order valence-corrected chi connectivity index (χ3v) is 7.56. The lowest BCUT2D eigenvalue weighted by molar-refractivity contribution is 0.290. The van der Waals surface area contributed by atoms with Crippen LogP contribution in [0.25, 0.3) is 0 Å². The zero-order valence-corrected chi connectivity index (χ0v) is 21.2. The number of rotatable bonds is 9. The summed E-state index contributed by atoms with van der Waals surface area (Å²) in [5.74, 6) is 2.91. The molecule has 35 heavy (non-hydrogen) atoms. The van der Waals surface area contributed by atoms with E-state index in [1.165, 1.54) is 40.8 Å². The van der Waals surface area contributed by atoms with Crippen molar-refractivity contribution in [3.63, 3.8) is 0 Å². The van der Waals surface area contributed by atoms with Crippen molar-refractivity contribution >= 4 is 12.4 Å². The molecule has 0 radical (unpaired) electrons. The smallest absolute Gasteiger partial charge is 0.123 e. The molecule has 1 aliphatic heterocycles. The fraction of sp³-hybridized carbons (Fsp3) is 0.400. The number of nitrogens with one attached hydrogen (secondary N) is 1. The molecule has 1 saturated heterocycles. The van der Waals surface area contributed by atoms with Crippen molar-refractivity contribution in [3.05, 3.63) is 94.8 Å². The lowest BCUT2D eigenvalue weighted by Crippen LogP contribution is -2.31. The van der Waals surface area contributed by atoms with Gasteiger partial charge in [-0.2, -0.15) is 0 Å². The van der Waals surface area contributed by atoms with Gasteiger partial charge >= 0.3 is 0 Å². The van der Waals surface area contributed by atoms with Gasteiger partial charge in [0, 0.05) is 29.6 Å². The van der Waals surface area contributed by atoms with E-state index in [0.717, 1.165) is 50.1 Å². The van der Waals surface area contributed by atoms with Crippen LogP contribution in [0, 0.1) is 11.7 Å². The second-order valence-corrected chi connectivity index (χ2v) is 9.60. The summed E-state index contributed by atoms with van der Waals surface area (Å²) in [6.45, 7) is 1.68. The molecule has 1 fully saturated rings. The number of ether oxygens (including phenoxy) is 2. The number of halogens is 2. The van der Waals surface area contributed by atoms with Crippen LogP contribution in [-0.4, -0.2) is 26.3 Å². The average Bonchev–Trinajstić information content (AvgIpc) is 3.28. The predicted octanol–water partition coefficient (Wildman–Crippen LogP) is 6.52. The van der Waals surface area contributed by atoms with Crippen LogP contribution in [0.4, 0.5) is 4.39 Å². The van der Waals surface area contributed by atoms with Crippen LogP contribution in [0.5, 0.6) is 11.5 Å². The highest BCUT2D eigenvalue weighted by molar-refractivity contribution is 5.85. The first kappa shape index (κ1) is 25.5. The first-order valence-electron chi connectivity index (χ1n) is 12.6. The van der Waals surface area contributed by atoms with Crippen LogP contribution in [0.2, 0.25) is 0 Å². The number of hydrogen-bond acceptors (Lipinski definition) is 3. The summed E-state index contributed by atoms with van der Waals surface area (Å²) in [5, 5.41) is 3.83. The van der Waals surface area contributed by atoms with E-state index in [0.29, 0.717) is 24.5 Å². The van der Waals surface area contributed by atoms with E-state index < -0.39 is 0 Å². The van der Waals surface area contributed by atoms with Crippen LogP contribution >= 0.6 is 12.4 Å². The topological polar surface area (TPSA) is 30.5 Å². The van der Waals surface area contributed by atoms with Crippen molar-refractivity contribution < 1.29 is 13.9 Å². The van der Waals surface area contributed by atoms with Gasteiger partial charge in [-0.1, -0.05) is 42.5 Å². The molecule has 0 amide bonds. The molecule has 0 saturated carbocycles. The number of unbranched alkanes of at least 4 members (excludes halogenated alkanes) is 1. The van der Waals surface area contributed by atoms with Gasteiger partial charge in [0.15, 0.2) is 0 Å². The largest absolute Gasteiger partial charge is 0.496 e. The Bertz CT molecular complexity index is 1090. The number of fused-ring (bicyclic) bond motifs is 3. The Morgan fingerprint density at radius 3 is 2.46 bits per heavy atom. The fourth-order valence-electron chi connectivity index (χ4n) is 5.85. The summed E-state index contributed by atoms with van der Waals surface area (Å²) in [6, 6.07) is 22.3. The minimum Gasteiger partial charge on any atom is -0.496 e. The average molecular weight is 496 g/mol. The minimum absolute atomic E-state index is 0. The molecule has 0 spiro atoms. The predicted molar refractivity (Wildman–Crippen MR) is 142 cm³/mol. The van der Waals surface area contributed by atoms with Gasteiger partial charge in [0.25, 0.3) is 0 Å². The Morgan fingerprint density at radius 1 is 0.914 bits per heavy atom. The van der Waals surface area contributed by atoms with Crippen molar-refractivity contribution in [1.82, 2.24) is 5.32 Å². The molecule has 186 valence electrons. The van der Waals surface area contributed by atoms with Gasteiger partial charge < -0.3 is 14.8 Å². The quantitative estimate of drug-likeness (QED) is 0.343. The van der Waals surface area contributed by atoms with Gasteiger partial charge in [0.1, 0.15) is 17.3 Å². The highest BCUT2D eigenvalue weighted by atomic mass is 35.5. The van der Waals surface area contributed by atoms with Gasteiger partial charge in [-0.3, -0.25) is 0 Å². The summed E-state index contributed by atoms with van der Waals surface area (Å²) in [4.78, 5) is 0. The molecule has 5 rings (SSSR count). The number of benzene rings is 3. The van der Waals surface area contributed by atoms with Crippen LogP contribution in [0.15, 0.2) is 66.7 Å². The SMILES string of the molecule is COc1ccc(OCCCCc2ccc(F)cc2)c2c1CCC1C(Cc3ccccc3)NCC21.Cl. The molecule has 3 unspecified atom stereocenters. The van der Waals surface area contributed by atoms with Gasteiger partial charge in [-0.15, -0.1) is 12.4 Å². The molecule has 1 aliphatic carbocycles. The first-order valence-corrected chi connectivity index (χ1v) is 12.6. The van der Waals surface area contributed by atoms with Crippen molar-refractivity contribution in [2.24, 2.45) is 5.92 Å². The molecular formula is C30H35ClFNO2. The molecule has 1 heterocycles. The van der Waals surface area contributed by atoms with Gasteiger partial charge in [-0.05, 0) is 79.8 Å². The molecule has 0 bridgehead atoms. The third-order valence-electron chi connectivity index (χ3n) is 7.56. The monoisotopic (exact) mass is 495 g/mol. The zero-order chi connectivity index (χ0) is 23.3. The Labute approximate surface area is 214 Å². The Morgan fingerprint density at radius 2 is 1.69 bits per heavy atom. The van der Waals surface area contributed by atoms with Crippen LogP contribution in [0.1, 0.15) is 47.4 Å². The van der Waals surface area contributed by atoms with E-state index >= 15 is 0 Å². The Hall–Kier alpha value is -2.56. The van der Waals surface area contributed by atoms with E-state index in [4.69, 9.17) is 9.47 Å². The molecule has 0 aromatic heterocycles. The summed E-state index contributed by atoms with van der Waals surface area (Å²) in [5.41, 5.74) is 5.26. The number of methoxy groups -OCH3 is 1. The highest BCUT2D eigenvalue weighted by Gasteiger charge is 2.42. The molecular weight excluding hydrogens is 461 g/mol. The van der Waals surface area contributed by atoms with Crippen molar-refractivity contribution in [1.29, 1.82) is 0 Å². The second-order valence-electron chi connectivity index (χ2n) is 9.60. The molecule has 3 aromatic carbocycles. The van der Waals surface area contributed by atoms with E-state index in [1.54, 1.807) is 7.11 Å². The van der Waals surface area contributed by atoms with Gasteiger partial charge in [0.05, 0.1) is 13.7 Å². The number of aryl methyl sites for hydroxylation is 1. The van der Waals surface area contributed by atoms with E-state index in [2.05, 4.69) is 47.8 Å². The maximum atomic E-state index is 13.1. The standard InChI is InChI=1S/C30H34FNO2.ClH/c1-33-28-16-17-29(34-18-6-5-7-21-10-12-23(31)13-11-21)30-25(28)15-14-24-26(30)20-32-27(24)19-22-8-3-2-4-9-22;/h2-4,8-13,16-17,24,26-27,32H,5-7,14-15,18-20H2,1H3;1H. The highest BCUT2D eigenvalue weighted by Crippen LogP contribution is 2.48. The third kappa shape index (κ3) is 5.82. The fourth-order valence-corrected chi connectivity index (χ4v) is 5.85. The van der Waals surface area contributed by atoms with Crippen molar-refractivity contribution in [2.45, 2.75) is 50.5 Å². The van der Waals surface area contributed by atoms with Gasteiger partial charge in [0.2, 0.25) is 0 Å². The van der Waals surface area contributed by atoms with E-state index in [9.17, 15) is 4.39 Å². The summed E-state index contributed by atoms with van der Waals surface area (Å²) >= 11 is 0. The summed E-state index contributed by atoms with van der Waals surface area (Å²) in [7, 11) is 1.77. The lowest BCUT2D eigenvalue weighted by atomic mass is 9.73. The molecule has 3 aromatic rings. The Balaban J connectivity index is 0.00000289. The molecule has 2 aliphatic rings. The van der Waals surface area contributed by atoms with Crippen LogP contribution in [-0.2, 0) is 19.3 Å². The first-order chi connectivity index (χ1) is 16.7. The lowest BCUT2D eigenvalue weighted by Gasteiger charge is -2.33. The van der Waals surface area contributed by atoms with E-state index in [1.807, 2.05) is 12.1 Å². The van der Waals surface area contributed by atoms with Crippen molar-refractivity contribution in [3.8, 4) is 11.5 Å². The Kier molecular flexibility index (Phi) is 8.69. The van der Waals surface area contributed by atoms with E-state index in [-0.39, 0.29) is 18.2 Å². The zero-order valence-electron chi connectivity index (χ0n) is 20.3. The van der Waals surface area contributed by atoms with Crippen LogP contribution in [0.3, 0.4) is 0 Å². The molecule has 3 nitrogen and oxygen atoms in total. The molecule has 1 N–H and O–H groups in total. The van der Waals surface area contributed by atoms with Gasteiger partial charge in [-0.25, -0.2) is 4.39 Å². The summed E-state index contributed by atoms with van der Waals surface area (Å²) in [6.07, 6.45) is 6.23. The molecule has 5 heteroatoms. The number of hydrogen-bond donors (Lipinski definition) is 1. The normalized spacial score (nSPS) is 20.5. The minimum atomic E-state index is -0.179. The maximum Gasteiger partial charge on any atom is 0.123 e. The second kappa shape index (κ2) is 11.9. The van der Waals surface area contributed by atoms with Crippen LogP contribution < -0.4 is 14.8 Å². The maximum absolute atomic E-state index is 13.1. The van der Waals surface area contributed by atoms with Crippen molar-refractivity contribution in [2.75, 3.05) is 20.3 Å². The summed E-state index contributed by atoms with van der Waals surface area (Å²) < 4.78 is 25.2. The molecule has 3 atom stereocenters.